The summed E-state index contributed by atoms with van der Waals surface area (Å²) in [6.45, 7) is 0.900. The van der Waals surface area contributed by atoms with E-state index in [0.717, 1.165) is 25.8 Å². The lowest BCUT2D eigenvalue weighted by molar-refractivity contribution is -0.137. The average molecular weight is 253 g/mol. The number of carbonyl (C=O) groups is 1. The van der Waals surface area contributed by atoms with Crippen molar-refractivity contribution in [3.63, 3.8) is 0 Å². The Morgan fingerprint density at radius 3 is 2.76 bits per heavy atom. The first-order chi connectivity index (χ1) is 8.24. The molecule has 0 aliphatic carbocycles. The highest BCUT2D eigenvalue weighted by atomic mass is 32.2. The van der Waals surface area contributed by atoms with Crippen LogP contribution in [0.3, 0.4) is 0 Å². The molecule has 0 bridgehead atoms. The fourth-order valence-electron chi connectivity index (χ4n) is 1.59. The van der Waals surface area contributed by atoms with E-state index in [9.17, 15) is 4.79 Å². The number of anilines is 1. The predicted molar refractivity (Wildman–Crippen MR) is 72.8 cm³/mol. The van der Waals surface area contributed by atoms with E-state index in [1.54, 1.807) is 11.8 Å². The summed E-state index contributed by atoms with van der Waals surface area (Å²) in [5, 5.41) is 11.9. The van der Waals surface area contributed by atoms with Crippen molar-refractivity contribution in [1.82, 2.24) is 0 Å². The largest absolute Gasteiger partial charge is 0.481 e. The van der Waals surface area contributed by atoms with Crippen molar-refractivity contribution in [1.29, 1.82) is 0 Å². The molecular formula is C13H19NO2S. The first-order valence-corrected chi connectivity index (χ1v) is 7.05. The SMILES string of the molecule is CSc1ccccc1NCCCCCC(=O)O. The maximum Gasteiger partial charge on any atom is 0.303 e. The Morgan fingerprint density at radius 1 is 1.29 bits per heavy atom. The zero-order valence-electron chi connectivity index (χ0n) is 10.1. The van der Waals surface area contributed by atoms with Gasteiger partial charge in [0.05, 0.1) is 0 Å². The molecule has 1 aromatic carbocycles. The minimum Gasteiger partial charge on any atom is -0.481 e. The topological polar surface area (TPSA) is 49.3 Å². The van der Waals surface area contributed by atoms with Crippen molar-refractivity contribution in [3.8, 4) is 0 Å². The summed E-state index contributed by atoms with van der Waals surface area (Å²) < 4.78 is 0. The van der Waals surface area contributed by atoms with Gasteiger partial charge in [-0.2, -0.15) is 0 Å². The van der Waals surface area contributed by atoms with Gasteiger partial charge in [0.15, 0.2) is 0 Å². The number of rotatable bonds is 8. The number of nitrogens with one attached hydrogen (secondary N) is 1. The number of thioether (sulfide) groups is 1. The number of carboxylic acid groups (broad SMARTS) is 1. The minimum atomic E-state index is -0.703. The molecule has 0 amide bonds. The van der Waals surface area contributed by atoms with Crippen molar-refractivity contribution in [2.75, 3.05) is 18.1 Å². The summed E-state index contributed by atoms with van der Waals surface area (Å²) in [7, 11) is 0. The quantitative estimate of drug-likeness (QED) is 0.550. The number of carboxylic acids is 1. The maximum atomic E-state index is 10.3. The van der Waals surface area contributed by atoms with Gasteiger partial charge >= 0.3 is 5.97 Å². The molecular weight excluding hydrogens is 234 g/mol. The molecule has 0 saturated carbocycles. The molecule has 0 aromatic heterocycles. The van der Waals surface area contributed by atoms with Crippen LogP contribution in [0, 0.1) is 0 Å². The van der Waals surface area contributed by atoms with Gasteiger partial charge in [-0.1, -0.05) is 18.6 Å². The van der Waals surface area contributed by atoms with E-state index in [1.165, 1.54) is 10.6 Å². The Hall–Kier alpha value is -1.16. The highest BCUT2D eigenvalue weighted by Gasteiger charge is 1.99. The normalized spacial score (nSPS) is 10.2. The summed E-state index contributed by atoms with van der Waals surface area (Å²) in [4.78, 5) is 11.6. The highest BCUT2D eigenvalue weighted by molar-refractivity contribution is 7.98. The van der Waals surface area contributed by atoms with Crippen molar-refractivity contribution < 1.29 is 9.90 Å². The van der Waals surface area contributed by atoms with Crippen LogP contribution in [-0.4, -0.2) is 23.9 Å². The molecule has 0 spiro atoms. The van der Waals surface area contributed by atoms with Crippen molar-refractivity contribution in [2.45, 2.75) is 30.6 Å². The average Bonchev–Trinajstić information content (AvgIpc) is 2.33. The standard InChI is InChI=1S/C13H19NO2S/c1-17-12-8-5-4-7-11(12)14-10-6-2-3-9-13(15)16/h4-5,7-8,14H,2-3,6,9-10H2,1H3,(H,15,16). The van der Waals surface area contributed by atoms with Gasteiger partial charge in [0.1, 0.15) is 0 Å². The van der Waals surface area contributed by atoms with Gasteiger partial charge in [-0.25, -0.2) is 0 Å². The number of aliphatic carboxylic acids is 1. The Labute approximate surface area is 107 Å². The highest BCUT2D eigenvalue weighted by Crippen LogP contribution is 2.24. The van der Waals surface area contributed by atoms with Gasteiger partial charge in [-0.3, -0.25) is 4.79 Å². The first kappa shape index (κ1) is 13.9. The second-order valence-corrected chi connectivity index (χ2v) is 4.68. The second kappa shape index (κ2) is 8.01. The third-order valence-electron chi connectivity index (χ3n) is 2.49. The summed E-state index contributed by atoms with van der Waals surface area (Å²) in [5.41, 5.74) is 1.17. The molecule has 3 nitrogen and oxygen atoms in total. The van der Waals surface area contributed by atoms with Crippen LogP contribution in [0.1, 0.15) is 25.7 Å². The molecule has 1 aromatic rings. The molecule has 17 heavy (non-hydrogen) atoms. The van der Waals surface area contributed by atoms with Crippen molar-refractivity contribution >= 4 is 23.4 Å². The van der Waals surface area contributed by atoms with Crippen LogP contribution in [0.4, 0.5) is 5.69 Å². The fraction of sp³-hybridized carbons (Fsp3) is 0.462. The van der Waals surface area contributed by atoms with E-state index in [-0.39, 0.29) is 6.42 Å². The maximum absolute atomic E-state index is 10.3. The third-order valence-corrected chi connectivity index (χ3v) is 3.29. The van der Waals surface area contributed by atoms with Crippen molar-refractivity contribution in [3.05, 3.63) is 24.3 Å². The Kier molecular flexibility index (Phi) is 6.55. The lowest BCUT2D eigenvalue weighted by atomic mass is 10.2. The number of hydrogen-bond donors (Lipinski definition) is 2. The van der Waals surface area contributed by atoms with Crippen LogP contribution < -0.4 is 5.32 Å². The van der Waals surface area contributed by atoms with Gasteiger partial charge in [-0.15, -0.1) is 11.8 Å². The molecule has 0 aliphatic heterocycles. The minimum absolute atomic E-state index is 0.279. The number of unbranched alkanes of at least 4 members (excludes halogenated alkanes) is 2. The van der Waals surface area contributed by atoms with Crippen LogP contribution in [0.5, 0.6) is 0 Å². The molecule has 0 atom stereocenters. The molecule has 0 heterocycles. The monoisotopic (exact) mass is 253 g/mol. The van der Waals surface area contributed by atoms with E-state index >= 15 is 0 Å². The van der Waals surface area contributed by atoms with E-state index < -0.39 is 5.97 Å². The number of para-hydroxylation sites is 1. The fourth-order valence-corrected chi connectivity index (χ4v) is 2.17. The van der Waals surface area contributed by atoms with Gasteiger partial charge in [0.2, 0.25) is 0 Å². The lowest BCUT2D eigenvalue weighted by Gasteiger charge is -2.09. The molecule has 0 unspecified atom stereocenters. The summed E-state index contributed by atoms with van der Waals surface area (Å²) in [5.74, 6) is -0.703. The second-order valence-electron chi connectivity index (χ2n) is 3.83. The number of hydrogen-bond acceptors (Lipinski definition) is 3. The van der Waals surface area contributed by atoms with Crippen LogP contribution in [0.2, 0.25) is 0 Å². The van der Waals surface area contributed by atoms with E-state index in [4.69, 9.17) is 5.11 Å². The molecule has 0 fully saturated rings. The molecule has 4 heteroatoms. The predicted octanol–water partition coefficient (Wildman–Crippen LogP) is 3.47. The molecule has 0 saturated heterocycles. The van der Waals surface area contributed by atoms with Gasteiger partial charge in [0, 0.05) is 23.5 Å². The summed E-state index contributed by atoms with van der Waals surface area (Å²) in [6.07, 6.45) is 5.08. The van der Waals surface area contributed by atoms with Crippen molar-refractivity contribution in [2.24, 2.45) is 0 Å². The van der Waals surface area contributed by atoms with Crippen LogP contribution >= 0.6 is 11.8 Å². The lowest BCUT2D eigenvalue weighted by Crippen LogP contribution is -2.03. The Morgan fingerprint density at radius 2 is 2.06 bits per heavy atom. The van der Waals surface area contributed by atoms with E-state index in [2.05, 4.69) is 23.7 Å². The first-order valence-electron chi connectivity index (χ1n) is 5.82. The summed E-state index contributed by atoms with van der Waals surface area (Å²) in [6, 6.07) is 8.22. The Bertz CT molecular complexity index is 355. The zero-order valence-corrected chi connectivity index (χ0v) is 10.9. The van der Waals surface area contributed by atoms with Gasteiger partial charge < -0.3 is 10.4 Å². The van der Waals surface area contributed by atoms with Gasteiger partial charge in [-0.05, 0) is 31.2 Å². The van der Waals surface area contributed by atoms with Crippen LogP contribution in [0.15, 0.2) is 29.2 Å². The molecule has 94 valence electrons. The summed E-state index contributed by atoms with van der Waals surface area (Å²) >= 11 is 1.73. The number of benzene rings is 1. The zero-order chi connectivity index (χ0) is 12.5. The molecule has 2 N–H and O–H groups in total. The molecule has 0 aliphatic rings. The van der Waals surface area contributed by atoms with Crippen LogP contribution in [-0.2, 0) is 4.79 Å². The van der Waals surface area contributed by atoms with E-state index in [0.29, 0.717) is 0 Å². The third kappa shape index (κ3) is 5.63. The molecule has 0 radical (unpaired) electrons. The van der Waals surface area contributed by atoms with Gasteiger partial charge in [0.25, 0.3) is 0 Å². The van der Waals surface area contributed by atoms with E-state index in [1.807, 2.05) is 12.1 Å². The molecule has 1 rings (SSSR count). The van der Waals surface area contributed by atoms with Crippen LogP contribution in [0.25, 0.3) is 0 Å². The smallest absolute Gasteiger partial charge is 0.303 e. The Balaban J connectivity index is 2.19.